The van der Waals surface area contributed by atoms with Crippen LogP contribution in [0.15, 0.2) is 12.7 Å². The number of rotatable bonds is 7. The number of hydrogen-bond acceptors (Lipinski definition) is 4. The number of carbonyl (C=O) groups excluding carboxylic acids is 2. The maximum absolute atomic E-state index is 11.9. The molecule has 1 atom stereocenters. The van der Waals surface area contributed by atoms with Crippen LogP contribution in [0, 0.1) is 0 Å². The van der Waals surface area contributed by atoms with Crippen LogP contribution in [0.3, 0.4) is 0 Å². The average Bonchev–Trinajstić information content (AvgIpc) is 2.34. The van der Waals surface area contributed by atoms with Crippen molar-refractivity contribution >= 4 is 18.0 Å². The molecule has 0 spiro atoms. The quantitative estimate of drug-likeness (QED) is 0.523. The summed E-state index contributed by atoms with van der Waals surface area (Å²) >= 11 is 0. The van der Waals surface area contributed by atoms with E-state index in [0.29, 0.717) is 0 Å². The van der Waals surface area contributed by atoms with Crippen molar-refractivity contribution in [1.82, 2.24) is 10.2 Å². The van der Waals surface area contributed by atoms with Gasteiger partial charge in [-0.15, -0.1) is 6.58 Å². The summed E-state index contributed by atoms with van der Waals surface area (Å²) in [5.74, 6) is -1.73. The van der Waals surface area contributed by atoms with Gasteiger partial charge in [0.2, 0.25) is 0 Å². The number of carboxylic acids is 1. The van der Waals surface area contributed by atoms with Crippen molar-refractivity contribution in [1.29, 1.82) is 0 Å². The van der Waals surface area contributed by atoms with Crippen molar-refractivity contribution in [3.05, 3.63) is 12.7 Å². The van der Waals surface area contributed by atoms with Crippen LogP contribution in [0.1, 0.15) is 20.3 Å². The predicted octanol–water partition coefficient (Wildman–Crippen LogP) is 0.609. The normalized spacial score (nSPS) is 11.6. The lowest BCUT2D eigenvalue weighted by molar-refractivity contribution is -0.141. The van der Waals surface area contributed by atoms with Crippen molar-refractivity contribution in [2.45, 2.75) is 32.4 Å². The Kier molecular flexibility index (Phi) is 7.25. The highest BCUT2D eigenvalue weighted by Crippen LogP contribution is 2.02. The van der Waals surface area contributed by atoms with E-state index in [1.807, 2.05) is 0 Å². The number of carboxylic acid groups (broad SMARTS) is 1. The smallest absolute Gasteiger partial charge is 0.326 e. The van der Waals surface area contributed by atoms with Gasteiger partial charge in [-0.1, -0.05) is 6.08 Å². The summed E-state index contributed by atoms with van der Waals surface area (Å²) in [6.07, 6.45) is 1.50. The predicted molar refractivity (Wildman–Crippen MR) is 68.6 cm³/mol. The molecule has 0 aromatic heterocycles. The summed E-state index contributed by atoms with van der Waals surface area (Å²) in [6, 6.07) is -1.96. The van der Waals surface area contributed by atoms with Crippen LogP contribution in [0.2, 0.25) is 0 Å². The van der Waals surface area contributed by atoms with Gasteiger partial charge in [-0.25, -0.2) is 9.59 Å². The lowest BCUT2D eigenvalue weighted by Crippen LogP contribution is -2.51. The summed E-state index contributed by atoms with van der Waals surface area (Å²) in [4.78, 5) is 35.3. The molecule has 2 N–H and O–H groups in total. The largest absolute Gasteiger partial charge is 0.480 e. The molecule has 2 amide bonds. The number of aliphatic carboxylic acids is 1. The first-order valence-electron chi connectivity index (χ1n) is 5.81. The van der Waals surface area contributed by atoms with Crippen LogP contribution < -0.4 is 5.32 Å². The molecule has 0 aliphatic heterocycles. The molecular weight excluding hydrogens is 252 g/mol. The van der Waals surface area contributed by atoms with Gasteiger partial charge in [-0.2, -0.15) is 0 Å². The van der Waals surface area contributed by atoms with E-state index >= 15 is 0 Å². The van der Waals surface area contributed by atoms with Crippen LogP contribution in [0.5, 0.6) is 0 Å². The third kappa shape index (κ3) is 5.89. The first-order valence-corrected chi connectivity index (χ1v) is 5.81. The van der Waals surface area contributed by atoms with Crippen molar-refractivity contribution in [2.24, 2.45) is 0 Å². The summed E-state index contributed by atoms with van der Waals surface area (Å²) in [5.41, 5.74) is 0. The molecule has 0 aromatic carbocycles. The monoisotopic (exact) mass is 272 g/mol. The van der Waals surface area contributed by atoms with Gasteiger partial charge in [-0.3, -0.25) is 4.79 Å². The van der Waals surface area contributed by atoms with E-state index < -0.39 is 24.0 Å². The molecule has 0 aliphatic carbocycles. The Hall–Kier alpha value is -2.05. The molecule has 7 nitrogen and oxygen atoms in total. The summed E-state index contributed by atoms with van der Waals surface area (Å²) in [5, 5.41) is 11.3. The number of hydrogen-bond donors (Lipinski definition) is 2. The number of ether oxygens (including phenoxy) is 1. The van der Waals surface area contributed by atoms with Crippen molar-refractivity contribution in [2.75, 3.05) is 13.7 Å². The fraction of sp³-hybridized carbons (Fsp3) is 0.583. The van der Waals surface area contributed by atoms with Gasteiger partial charge >= 0.3 is 18.0 Å². The summed E-state index contributed by atoms with van der Waals surface area (Å²) in [6.45, 7) is 6.62. The first kappa shape index (κ1) is 16.9. The molecular formula is C12H20N2O5. The summed E-state index contributed by atoms with van der Waals surface area (Å²) in [7, 11) is 1.22. The third-order valence-corrected chi connectivity index (χ3v) is 2.41. The number of amides is 2. The molecule has 0 saturated carbocycles. The minimum Gasteiger partial charge on any atom is -0.480 e. The van der Waals surface area contributed by atoms with E-state index in [9.17, 15) is 14.4 Å². The Labute approximate surface area is 112 Å². The molecule has 0 bridgehead atoms. The van der Waals surface area contributed by atoms with Crippen LogP contribution in [0.4, 0.5) is 4.79 Å². The number of urea groups is 1. The SMILES string of the molecule is C=CCC(NC(=O)N(CC(=O)OC)C(C)C)C(=O)O. The minimum absolute atomic E-state index is 0.102. The van der Waals surface area contributed by atoms with Crippen LogP contribution >= 0.6 is 0 Å². The second-order valence-electron chi connectivity index (χ2n) is 4.16. The van der Waals surface area contributed by atoms with Crippen LogP contribution in [-0.4, -0.2) is 53.7 Å². The Bertz CT molecular complexity index is 354. The highest BCUT2D eigenvalue weighted by atomic mass is 16.5. The van der Waals surface area contributed by atoms with E-state index in [0.717, 1.165) is 0 Å². The van der Waals surface area contributed by atoms with Gasteiger partial charge in [0.1, 0.15) is 12.6 Å². The molecule has 0 saturated heterocycles. The Morgan fingerprint density at radius 1 is 1.42 bits per heavy atom. The maximum atomic E-state index is 11.9. The van der Waals surface area contributed by atoms with E-state index in [4.69, 9.17) is 5.11 Å². The van der Waals surface area contributed by atoms with E-state index in [2.05, 4.69) is 16.6 Å². The molecule has 0 rings (SSSR count). The Morgan fingerprint density at radius 2 is 2.00 bits per heavy atom. The van der Waals surface area contributed by atoms with Crippen molar-refractivity contribution < 1.29 is 24.2 Å². The fourth-order valence-electron chi connectivity index (χ4n) is 1.31. The lowest BCUT2D eigenvalue weighted by atomic mass is 10.2. The topological polar surface area (TPSA) is 95.9 Å². The second-order valence-corrected chi connectivity index (χ2v) is 4.16. The number of methoxy groups -OCH3 is 1. The summed E-state index contributed by atoms with van der Waals surface area (Å²) < 4.78 is 4.49. The lowest BCUT2D eigenvalue weighted by Gasteiger charge is -2.27. The second kappa shape index (κ2) is 8.12. The third-order valence-electron chi connectivity index (χ3n) is 2.41. The van der Waals surface area contributed by atoms with Crippen molar-refractivity contribution in [3.8, 4) is 0 Å². The van der Waals surface area contributed by atoms with Gasteiger partial charge in [0.05, 0.1) is 7.11 Å². The van der Waals surface area contributed by atoms with E-state index in [1.54, 1.807) is 13.8 Å². The molecule has 1 unspecified atom stereocenters. The van der Waals surface area contributed by atoms with Gasteiger partial charge in [0.15, 0.2) is 0 Å². The molecule has 0 heterocycles. The zero-order valence-corrected chi connectivity index (χ0v) is 11.4. The maximum Gasteiger partial charge on any atom is 0.326 e. The molecule has 0 radical (unpaired) electrons. The van der Waals surface area contributed by atoms with Gasteiger partial charge in [-0.05, 0) is 20.3 Å². The molecule has 0 fully saturated rings. The zero-order chi connectivity index (χ0) is 15.0. The van der Waals surface area contributed by atoms with Crippen LogP contribution in [0.25, 0.3) is 0 Å². The van der Waals surface area contributed by atoms with Crippen molar-refractivity contribution in [3.63, 3.8) is 0 Å². The average molecular weight is 272 g/mol. The van der Waals surface area contributed by atoms with E-state index in [1.165, 1.54) is 18.1 Å². The zero-order valence-electron chi connectivity index (χ0n) is 11.4. The molecule has 0 aromatic rings. The molecule has 0 aliphatic rings. The first-order chi connectivity index (χ1) is 8.83. The Balaban J connectivity index is 4.75. The van der Waals surface area contributed by atoms with Crippen LogP contribution in [-0.2, 0) is 14.3 Å². The molecule has 7 heteroatoms. The number of esters is 1. The van der Waals surface area contributed by atoms with E-state index in [-0.39, 0.29) is 19.0 Å². The number of nitrogens with one attached hydrogen (secondary N) is 1. The number of nitrogens with zero attached hydrogens (tertiary/aromatic N) is 1. The number of carbonyl (C=O) groups is 3. The fourth-order valence-corrected chi connectivity index (χ4v) is 1.31. The van der Waals surface area contributed by atoms with Gasteiger partial charge in [0.25, 0.3) is 0 Å². The van der Waals surface area contributed by atoms with Gasteiger partial charge in [0, 0.05) is 6.04 Å². The highest BCUT2D eigenvalue weighted by Gasteiger charge is 2.25. The highest BCUT2D eigenvalue weighted by molar-refractivity contribution is 5.85. The standard InChI is InChI=1S/C12H20N2O5/c1-5-6-9(11(16)17)13-12(18)14(8(2)3)7-10(15)19-4/h5,8-9H,1,6-7H2,2-4H3,(H,13,18)(H,16,17). The molecule has 19 heavy (non-hydrogen) atoms. The molecule has 108 valence electrons. The minimum atomic E-state index is -1.16. The van der Waals surface area contributed by atoms with Gasteiger partial charge < -0.3 is 20.1 Å². The Morgan fingerprint density at radius 3 is 2.37 bits per heavy atom.